The van der Waals surface area contributed by atoms with Gasteiger partial charge in [0.1, 0.15) is 5.82 Å². The Labute approximate surface area is 116 Å². The molecule has 1 atom stereocenters. The average molecular weight is 284 g/mol. The first-order chi connectivity index (χ1) is 9.02. The number of rotatable bonds is 5. The molecule has 0 aliphatic heterocycles. The van der Waals surface area contributed by atoms with Gasteiger partial charge in [0.05, 0.1) is 5.75 Å². The largest absolute Gasteiger partial charge is 0.335 e. The van der Waals surface area contributed by atoms with Crippen molar-refractivity contribution in [1.29, 1.82) is 0 Å². The van der Waals surface area contributed by atoms with Crippen molar-refractivity contribution in [2.24, 2.45) is 0 Å². The highest BCUT2D eigenvalue weighted by molar-refractivity contribution is 8.00. The lowest BCUT2D eigenvalue weighted by molar-refractivity contribution is -0.117. The van der Waals surface area contributed by atoms with Gasteiger partial charge in [-0.3, -0.25) is 10.1 Å². The second kappa shape index (κ2) is 7.78. The van der Waals surface area contributed by atoms with Crippen LogP contribution in [0.25, 0.3) is 0 Å². The first kappa shape index (κ1) is 15.5. The van der Waals surface area contributed by atoms with Gasteiger partial charge in [-0.15, -0.1) is 11.8 Å². The minimum absolute atomic E-state index is 0.00510. The number of imide groups is 1. The lowest BCUT2D eigenvalue weighted by Crippen LogP contribution is -2.43. The highest BCUT2D eigenvalue weighted by Crippen LogP contribution is 2.20. The molecule has 0 bridgehead atoms. The molecular weight excluding hydrogens is 267 g/mol. The highest BCUT2D eigenvalue weighted by Gasteiger charge is 2.11. The summed E-state index contributed by atoms with van der Waals surface area (Å²) in [5.74, 6) is -0.826. The van der Waals surface area contributed by atoms with Crippen LogP contribution in [0.2, 0.25) is 0 Å². The Morgan fingerprint density at radius 3 is 2.68 bits per heavy atom. The van der Waals surface area contributed by atoms with E-state index in [-0.39, 0.29) is 17.6 Å². The van der Waals surface area contributed by atoms with Crippen LogP contribution in [0.4, 0.5) is 9.18 Å². The van der Waals surface area contributed by atoms with E-state index in [1.807, 2.05) is 13.8 Å². The average Bonchev–Trinajstić information content (AvgIpc) is 2.37. The fourth-order valence-corrected chi connectivity index (χ4v) is 1.97. The molecule has 0 radical (unpaired) electrons. The molecule has 0 unspecified atom stereocenters. The van der Waals surface area contributed by atoms with Crippen LogP contribution in [0.3, 0.4) is 0 Å². The molecule has 0 saturated carbocycles. The molecule has 0 fully saturated rings. The predicted octanol–water partition coefficient (Wildman–Crippen LogP) is 2.54. The zero-order valence-corrected chi connectivity index (χ0v) is 11.7. The summed E-state index contributed by atoms with van der Waals surface area (Å²) < 4.78 is 13.3. The fraction of sp³-hybridized carbons (Fsp3) is 0.385. The number of thioether (sulfide) groups is 1. The quantitative estimate of drug-likeness (QED) is 0.817. The van der Waals surface area contributed by atoms with Crippen molar-refractivity contribution < 1.29 is 14.0 Å². The zero-order chi connectivity index (χ0) is 14.3. The molecule has 0 aliphatic carbocycles. The van der Waals surface area contributed by atoms with E-state index in [9.17, 15) is 14.0 Å². The second-order valence-corrected chi connectivity index (χ2v) is 5.07. The number of benzene rings is 1. The summed E-state index contributed by atoms with van der Waals surface area (Å²) in [5, 5.41) is 4.82. The molecule has 2 N–H and O–H groups in total. The maximum Gasteiger partial charge on any atom is 0.321 e. The molecule has 104 valence electrons. The molecule has 0 aromatic heterocycles. The van der Waals surface area contributed by atoms with Crippen molar-refractivity contribution in [2.75, 3.05) is 5.75 Å². The Bertz CT molecular complexity index is 454. The summed E-state index contributed by atoms with van der Waals surface area (Å²) in [6.45, 7) is 3.78. The Morgan fingerprint density at radius 1 is 1.37 bits per heavy atom. The number of hydrogen-bond donors (Lipinski definition) is 2. The summed E-state index contributed by atoms with van der Waals surface area (Å²) in [6.07, 6.45) is 0.783. The van der Waals surface area contributed by atoms with Crippen LogP contribution < -0.4 is 10.6 Å². The molecule has 1 aromatic rings. The Morgan fingerprint density at radius 2 is 2.05 bits per heavy atom. The minimum atomic E-state index is -0.520. The fourth-order valence-electron chi connectivity index (χ4n) is 1.23. The van der Waals surface area contributed by atoms with Gasteiger partial charge in [0.15, 0.2) is 0 Å². The zero-order valence-electron chi connectivity index (χ0n) is 10.9. The van der Waals surface area contributed by atoms with E-state index in [0.29, 0.717) is 4.90 Å². The van der Waals surface area contributed by atoms with Gasteiger partial charge in [-0.25, -0.2) is 9.18 Å². The van der Waals surface area contributed by atoms with Gasteiger partial charge < -0.3 is 5.32 Å². The van der Waals surface area contributed by atoms with Crippen molar-refractivity contribution in [2.45, 2.75) is 31.2 Å². The topological polar surface area (TPSA) is 58.2 Å². The van der Waals surface area contributed by atoms with Gasteiger partial charge in [-0.2, -0.15) is 0 Å². The van der Waals surface area contributed by atoms with Gasteiger partial charge in [-0.1, -0.05) is 19.1 Å². The van der Waals surface area contributed by atoms with E-state index in [1.54, 1.807) is 18.2 Å². The molecule has 4 nitrogen and oxygen atoms in total. The number of halogens is 1. The van der Waals surface area contributed by atoms with E-state index < -0.39 is 11.9 Å². The summed E-state index contributed by atoms with van der Waals surface area (Å²) in [5.41, 5.74) is 0. The third-order valence-corrected chi connectivity index (χ3v) is 3.49. The molecule has 0 saturated heterocycles. The lowest BCUT2D eigenvalue weighted by atomic mass is 10.3. The van der Waals surface area contributed by atoms with Crippen LogP contribution >= 0.6 is 11.8 Å². The van der Waals surface area contributed by atoms with Crippen LogP contribution in [-0.4, -0.2) is 23.7 Å². The standard InChI is InChI=1S/C13H17FN2O2S/c1-3-9(2)15-13(18)16-12(17)8-19-11-7-5-4-6-10(11)14/h4-7,9H,3,8H2,1-2H3,(H2,15,16,17,18)/t9-/m1/s1. The monoisotopic (exact) mass is 284 g/mol. The lowest BCUT2D eigenvalue weighted by Gasteiger charge is -2.11. The minimum Gasteiger partial charge on any atom is -0.335 e. The van der Waals surface area contributed by atoms with Gasteiger partial charge in [-0.05, 0) is 25.5 Å². The number of amides is 3. The number of carbonyl (C=O) groups excluding carboxylic acids is 2. The first-order valence-electron chi connectivity index (χ1n) is 6.00. The maximum atomic E-state index is 13.3. The normalized spacial score (nSPS) is 11.7. The van der Waals surface area contributed by atoms with Crippen molar-refractivity contribution in [3.05, 3.63) is 30.1 Å². The molecule has 0 spiro atoms. The molecule has 0 aliphatic rings. The van der Waals surface area contributed by atoms with E-state index in [0.717, 1.165) is 18.2 Å². The summed E-state index contributed by atoms with van der Waals surface area (Å²) >= 11 is 1.05. The third-order valence-electron chi connectivity index (χ3n) is 2.44. The number of carbonyl (C=O) groups is 2. The summed E-state index contributed by atoms with van der Waals surface area (Å²) in [4.78, 5) is 23.3. The number of hydrogen-bond acceptors (Lipinski definition) is 3. The second-order valence-electron chi connectivity index (χ2n) is 4.05. The van der Waals surface area contributed by atoms with E-state index >= 15 is 0 Å². The van der Waals surface area contributed by atoms with Crippen molar-refractivity contribution in [3.63, 3.8) is 0 Å². The van der Waals surface area contributed by atoms with Crippen LogP contribution in [0, 0.1) is 5.82 Å². The molecular formula is C13H17FN2O2S. The molecule has 1 rings (SSSR count). The molecule has 0 heterocycles. The van der Waals surface area contributed by atoms with Crippen LogP contribution in [0.15, 0.2) is 29.2 Å². The molecule has 6 heteroatoms. The molecule has 3 amide bonds. The van der Waals surface area contributed by atoms with Crippen LogP contribution in [0.5, 0.6) is 0 Å². The van der Waals surface area contributed by atoms with Gasteiger partial charge in [0.2, 0.25) is 5.91 Å². The maximum absolute atomic E-state index is 13.3. The Hall–Kier alpha value is -1.56. The van der Waals surface area contributed by atoms with Gasteiger partial charge >= 0.3 is 6.03 Å². The number of urea groups is 1. The SMILES string of the molecule is CC[C@@H](C)NC(=O)NC(=O)CSc1ccccc1F. The summed E-state index contributed by atoms with van der Waals surface area (Å²) in [6, 6.07) is 5.68. The van der Waals surface area contributed by atoms with Gasteiger partial charge in [0.25, 0.3) is 0 Å². The Kier molecular flexibility index (Phi) is 6.35. The molecule has 19 heavy (non-hydrogen) atoms. The van der Waals surface area contributed by atoms with Crippen molar-refractivity contribution in [3.8, 4) is 0 Å². The number of nitrogens with one attached hydrogen (secondary N) is 2. The van der Waals surface area contributed by atoms with Crippen LogP contribution in [0.1, 0.15) is 20.3 Å². The predicted molar refractivity (Wildman–Crippen MR) is 73.6 cm³/mol. The van der Waals surface area contributed by atoms with Gasteiger partial charge in [0, 0.05) is 10.9 Å². The van der Waals surface area contributed by atoms with Crippen molar-refractivity contribution in [1.82, 2.24) is 10.6 Å². The Balaban J connectivity index is 2.36. The van der Waals surface area contributed by atoms with E-state index in [4.69, 9.17) is 0 Å². The van der Waals surface area contributed by atoms with Crippen molar-refractivity contribution >= 4 is 23.7 Å². The third kappa shape index (κ3) is 5.74. The van der Waals surface area contributed by atoms with Crippen LogP contribution in [-0.2, 0) is 4.79 Å². The van der Waals surface area contributed by atoms with E-state index in [2.05, 4.69) is 10.6 Å². The summed E-state index contributed by atoms with van der Waals surface area (Å²) in [7, 11) is 0. The first-order valence-corrected chi connectivity index (χ1v) is 6.99. The highest BCUT2D eigenvalue weighted by atomic mass is 32.2. The molecule has 1 aromatic carbocycles. The van der Waals surface area contributed by atoms with E-state index in [1.165, 1.54) is 6.07 Å². The smallest absolute Gasteiger partial charge is 0.321 e.